The minimum atomic E-state index is -0.311. The van der Waals surface area contributed by atoms with Gasteiger partial charge in [0.1, 0.15) is 5.75 Å². The van der Waals surface area contributed by atoms with Crippen molar-refractivity contribution in [3.8, 4) is 5.75 Å². The van der Waals surface area contributed by atoms with Crippen molar-refractivity contribution in [2.75, 3.05) is 32.7 Å². The lowest BCUT2D eigenvalue weighted by molar-refractivity contribution is 0.0306. The summed E-state index contributed by atoms with van der Waals surface area (Å²) in [6, 6.07) is 16.0. The molecule has 0 saturated carbocycles. The van der Waals surface area contributed by atoms with Gasteiger partial charge in [0.15, 0.2) is 0 Å². The average Bonchev–Trinajstić information content (AvgIpc) is 2.83. The first-order valence-electron chi connectivity index (χ1n) is 12.3. The van der Waals surface area contributed by atoms with E-state index in [9.17, 15) is 15.0 Å². The fourth-order valence-corrected chi connectivity index (χ4v) is 5.37. The third kappa shape index (κ3) is 5.35. The molecular weight excluding hydrogens is 426 g/mol. The molecule has 6 nitrogen and oxygen atoms in total. The number of phenols is 1. The summed E-state index contributed by atoms with van der Waals surface area (Å²) in [5.74, 6) is 0.258. The standard InChI is InChI=1S/C28H37N3O3/c1-4-13-30-18-21(3)31(19-20(30)2)27(23-8-6-10-26(33)17-23)22-7-5-9-24(16-22)28(34)29-14-11-25(32)12-15-29/h4-10,16-17,20-21,25,27,32-33H,1,11-15,18-19H2,2-3H3/t20-,21+,27?/m1/s1. The Morgan fingerprint density at radius 2 is 1.74 bits per heavy atom. The molecule has 2 aliphatic rings. The largest absolute Gasteiger partial charge is 0.508 e. The minimum absolute atomic E-state index is 0.0145. The summed E-state index contributed by atoms with van der Waals surface area (Å²) in [6.45, 7) is 12.2. The van der Waals surface area contributed by atoms with Crippen LogP contribution in [0.1, 0.15) is 54.2 Å². The Labute approximate surface area is 203 Å². The van der Waals surface area contributed by atoms with E-state index in [0.29, 0.717) is 37.5 Å². The quantitative estimate of drug-likeness (QED) is 0.640. The number of hydrogen-bond donors (Lipinski definition) is 2. The van der Waals surface area contributed by atoms with E-state index < -0.39 is 0 Å². The molecule has 0 aromatic heterocycles. The lowest BCUT2D eigenvalue weighted by Crippen LogP contribution is -2.57. The molecule has 2 aliphatic heterocycles. The van der Waals surface area contributed by atoms with Gasteiger partial charge in [-0.15, -0.1) is 6.58 Å². The zero-order valence-corrected chi connectivity index (χ0v) is 20.3. The molecule has 1 amide bonds. The Balaban J connectivity index is 1.67. The molecule has 0 radical (unpaired) electrons. The zero-order valence-electron chi connectivity index (χ0n) is 20.3. The number of hydrogen-bond acceptors (Lipinski definition) is 5. The Bertz CT molecular complexity index is 1000. The first-order valence-corrected chi connectivity index (χ1v) is 12.3. The van der Waals surface area contributed by atoms with E-state index in [1.807, 2.05) is 41.3 Å². The SMILES string of the molecule is C=CCN1C[C@H](C)N(C(c2cccc(O)c2)c2cccc(C(=O)N3CCC(O)CC3)c2)C[C@H]1C. The number of carbonyl (C=O) groups is 1. The maximum absolute atomic E-state index is 13.3. The number of aliphatic hydroxyl groups excluding tert-OH is 1. The first-order chi connectivity index (χ1) is 16.4. The van der Waals surface area contributed by atoms with Crippen LogP contribution in [0.15, 0.2) is 61.2 Å². The van der Waals surface area contributed by atoms with Crippen LogP contribution < -0.4 is 0 Å². The summed E-state index contributed by atoms with van der Waals surface area (Å²) in [6.07, 6.45) is 2.90. The van der Waals surface area contributed by atoms with Crippen LogP contribution >= 0.6 is 0 Å². The topological polar surface area (TPSA) is 67.2 Å². The highest BCUT2D eigenvalue weighted by Crippen LogP contribution is 2.35. The van der Waals surface area contributed by atoms with Gasteiger partial charge in [-0.1, -0.05) is 30.3 Å². The van der Waals surface area contributed by atoms with Crippen LogP contribution in [0.25, 0.3) is 0 Å². The maximum atomic E-state index is 13.3. The van der Waals surface area contributed by atoms with Crippen molar-refractivity contribution in [2.45, 2.75) is 50.9 Å². The normalized spacial score (nSPS) is 23.6. The number of amides is 1. The smallest absolute Gasteiger partial charge is 0.253 e. The van der Waals surface area contributed by atoms with Crippen LogP contribution in [0.3, 0.4) is 0 Å². The van der Waals surface area contributed by atoms with Crippen LogP contribution in [0.2, 0.25) is 0 Å². The van der Waals surface area contributed by atoms with Gasteiger partial charge in [0.25, 0.3) is 5.91 Å². The van der Waals surface area contributed by atoms with Crippen LogP contribution in [-0.2, 0) is 0 Å². The summed E-state index contributed by atoms with van der Waals surface area (Å²) >= 11 is 0. The van der Waals surface area contributed by atoms with Gasteiger partial charge in [-0.2, -0.15) is 0 Å². The van der Waals surface area contributed by atoms with Crippen LogP contribution in [-0.4, -0.2) is 81.7 Å². The van der Waals surface area contributed by atoms with Crippen LogP contribution in [0, 0.1) is 0 Å². The third-order valence-electron chi connectivity index (χ3n) is 7.25. The molecule has 0 bridgehead atoms. The number of aliphatic hydroxyl groups is 1. The number of rotatable bonds is 6. The molecule has 3 atom stereocenters. The molecule has 2 N–H and O–H groups in total. The summed E-state index contributed by atoms with van der Waals surface area (Å²) in [4.78, 5) is 20.0. The maximum Gasteiger partial charge on any atom is 0.253 e. The molecule has 2 heterocycles. The van der Waals surface area contributed by atoms with E-state index in [-0.39, 0.29) is 29.8 Å². The lowest BCUT2D eigenvalue weighted by atomic mass is 9.92. The van der Waals surface area contributed by atoms with Crippen molar-refractivity contribution >= 4 is 5.91 Å². The van der Waals surface area contributed by atoms with E-state index >= 15 is 0 Å². The van der Waals surface area contributed by atoms with Gasteiger partial charge in [0.2, 0.25) is 0 Å². The highest BCUT2D eigenvalue weighted by atomic mass is 16.3. The summed E-state index contributed by atoms with van der Waals surface area (Å²) in [7, 11) is 0. The molecular formula is C28H37N3O3. The fourth-order valence-electron chi connectivity index (χ4n) is 5.37. The highest BCUT2D eigenvalue weighted by Gasteiger charge is 2.35. The van der Waals surface area contributed by atoms with Crippen LogP contribution in [0.5, 0.6) is 5.75 Å². The Kier molecular flexibility index (Phi) is 7.71. The highest BCUT2D eigenvalue weighted by molar-refractivity contribution is 5.94. The van der Waals surface area contributed by atoms with Crippen molar-refractivity contribution in [1.82, 2.24) is 14.7 Å². The van der Waals surface area contributed by atoms with Gasteiger partial charge in [-0.25, -0.2) is 0 Å². The number of piperidine rings is 1. The predicted molar refractivity (Wildman–Crippen MR) is 135 cm³/mol. The van der Waals surface area contributed by atoms with Gasteiger partial charge in [0.05, 0.1) is 12.1 Å². The summed E-state index contributed by atoms with van der Waals surface area (Å²) < 4.78 is 0. The number of aromatic hydroxyl groups is 1. The zero-order chi connectivity index (χ0) is 24.2. The van der Waals surface area contributed by atoms with Crippen LogP contribution in [0.4, 0.5) is 0 Å². The van der Waals surface area contributed by atoms with Gasteiger partial charge in [0, 0.05) is 50.4 Å². The number of likely N-dealkylation sites (tertiary alicyclic amines) is 1. The number of benzene rings is 2. The van der Waals surface area contributed by atoms with Crippen molar-refractivity contribution < 1.29 is 15.0 Å². The second-order valence-corrected chi connectivity index (χ2v) is 9.78. The molecule has 182 valence electrons. The van der Waals surface area contributed by atoms with E-state index in [2.05, 4.69) is 42.4 Å². The first kappa shape index (κ1) is 24.5. The predicted octanol–water partition coefficient (Wildman–Crippen LogP) is 3.66. The lowest BCUT2D eigenvalue weighted by Gasteiger charge is -2.47. The Morgan fingerprint density at radius 1 is 1.06 bits per heavy atom. The fraction of sp³-hybridized carbons (Fsp3) is 0.464. The van der Waals surface area contributed by atoms with Gasteiger partial charge < -0.3 is 15.1 Å². The number of piperazine rings is 1. The van der Waals surface area contributed by atoms with Gasteiger partial charge in [-0.05, 0) is 62.1 Å². The van der Waals surface area contributed by atoms with Crippen molar-refractivity contribution in [3.63, 3.8) is 0 Å². The molecule has 2 fully saturated rings. The average molecular weight is 464 g/mol. The molecule has 0 aliphatic carbocycles. The van der Waals surface area contributed by atoms with Crippen molar-refractivity contribution in [1.29, 1.82) is 0 Å². The molecule has 2 aromatic carbocycles. The van der Waals surface area contributed by atoms with Gasteiger partial charge in [-0.3, -0.25) is 14.6 Å². The summed E-state index contributed by atoms with van der Waals surface area (Å²) in [5.41, 5.74) is 2.73. The second kappa shape index (κ2) is 10.7. The van der Waals surface area contributed by atoms with E-state index in [1.54, 1.807) is 6.07 Å². The van der Waals surface area contributed by atoms with Gasteiger partial charge >= 0.3 is 0 Å². The molecule has 0 spiro atoms. The molecule has 1 unspecified atom stereocenters. The summed E-state index contributed by atoms with van der Waals surface area (Å²) in [5, 5.41) is 20.1. The third-order valence-corrected chi connectivity index (χ3v) is 7.25. The van der Waals surface area contributed by atoms with E-state index in [1.165, 1.54) is 0 Å². The molecule has 34 heavy (non-hydrogen) atoms. The van der Waals surface area contributed by atoms with E-state index in [4.69, 9.17) is 0 Å². The number of carbonyl (C=O) groups excluding carboxylic acids is 1. The number of nitrogens with zero attached hydrogens (tertiary/aromatic N) is 3. The monoisotopic (exact) mass is 463 g/mol. The molecule has 2 saturated heterocycles. The molecule has 2 aromatic rings. The minimum Gasteiger partial charge on any atom is -0.508 e. The van der Waals surface area contributed by atoms with Crippen molar-refractivity contribution in [3.05, 3.63) is 77.9 Å². The van der Waals surface area contributed by atoms with E-state index in [0.717, 1.165) is 30.8 Å². The molecule has 4 rings (SSSR count). The van der Waals surface area contributed by atoms with Crippen molar-refractivity contribution in [2.24, 2.45) is 0 Å². The Hall–Kier alpha value is -2.67. The Morgan fingerprint density at radius 3 is 2.41 bits per heavy atom. The number of phenolic OH excluding ortho intramolecular Hbond substituents is 1. The molecule has 6 heteroatoms. The second-order valence-electron chi connectivity index (χ2n) is 9.78.